The highest BCUT2D eigenvalue weighted by Gasteiger charge is 2.49. The fraction of sp³-hybridized carbons (Fsp3) is 0.343. The molecule has 2 unspecified atom stereocenters. The Labute approximate surface area is 284 Å². The van der Waals surface area contributed by atoms with Crippen LogP contribution in [0.4, 0.5) is 4.39 Å². The third-order valence-electron chi connectivity index (χ3n) is 8.35. The second-order valence-corrected chi connectivity index (χ2v) is 15.9. The minimum atomic E-state index is -4.65. The van der Waals surface area contributed by atoms with Gasteiger partial charge in [0.15, 0.2) is 9.84 Å². The average molecular weight is 716 g/mol. The van der Waals surface area contributed by atoms with E-state index in [0.717, 1.165) is 37.8 Å². The number of ether oxygens (including phenoxy) is 2. The lowest BCUT2D eigenvalue weighted by Gasteiger charge is -2.32. The molecule has 2 aliphatic rings. The van der Waals surface area contributed by atoms with E-state index in [4.69, 9.17) is 21.1 Å². The maximum atomic E-state index is 15.5. The zero-order valence-corrected chi connectivity index (χ0v) is 28.6. The van der Waals surface area contributed by atoms with Crippen LogP contribution in [0.15, 0.2) is 98.2 Å². The largest absolute Gasteiger partial charge is 0.462 e. The molecule has 3 aromatic carbocycles. The third kappa shape index (κ3) is 7.71. The summed E-state index contributed by atoms with van der Waals surface area (Å²) in [6.45, 7) is 0.818. The van der Waals surface area contributed by atoms with Crippen LogP contribution in [0.2, 0.25) is 5.02 Å². The predicted octanol–water partition coefficient (Wildman–Crippen LogP) is 6.41. The van der Waals surface area contributed by atoms with Crippen molar-refractivity contribution >= 4 is 48.9 Å². The van der Waals surface area contributed by atoms with Gasteiger partial charge < -0.3 is 9.47 Å². The summed E-state index contributed by atoms with van der Waals surface area (Å²) in [6.07, 6.45) is 4.69. The predicted molar refractivity (Wildman–Crippen MR) is 179 cm³/mol. The maximum Gasteiger partial charge on any atom is 0.315 e. The molecule has 0 spiro atoms. The van der Waals surface area contributed by atoms with Crippen molar-refractivity contribution < 1.29 is 40.3 Å². The van der Waals surface area contributed by atoms with Crippen molar-refractivity contribution in [3.05, 3.63) is 105 Å². The van der Waals surface area contributed by atoms with E-state index >= 15 is 4.39 Å². The van der Waals surface area contributed by atoms with Gasteiger partial charge in [0.2, 0.25) is 9.84 Å². The number of nitrogens with zero attached hydrogens (tertiary/aromatic N) is 1. The van der Waals surface area contributed by atoms with E-state index in [9.17, 15) is 26.4 Å². The van der Waals surface area contributed by atoms with Crippen LogP contribution in [0.5, 0.6) is 0 Å². The standard InChI is InChI=1S/C35H35ClFNO8S2/c1-23-31(35(40)46-21-20-45-30(39)19-8-3-2-5-12-24-13-6-4-7-14-24)33(32-25(36)15-11-16-26(32)37)34-27(38-23)22-47(41,42)28-17-9-10-18-29(28)48(34,43)44/h4,6-7,9-11,13-18,31,33H,2-3,5,8,12,19-22H2,1H3. The minimum absolute atomic E-state index is 0.0173. The Bertz CT molecular complexity index is 1960. The molecule has 2 aliphatic heterocycles. The van der Waals surface area contributed by atoms with Gasteiger partial charge in [-0.3, -0.25) is 14.6 Å². The molecule has 0 radical (unpaired) electrons. The number of aryl methyl sites for hydroxylation is 1. The molecule has 0 aliphatic carbocycles. The molecule has 2 heterocycles. The van der Waals surface area contributed by atoms with Crippen molar-refractivity contribution in [1.29, 1.82) is 0 Å². The second kappa shape index (κ2) is 15.1. The SMILES string of the molecule is CC1=NC2=C(C(c3c(F)cccc3Cl)C1C(=O)OCCOC(=O)CCCCCCc1ccccc1)S(=O)(=O)c1ccccc1S(=O)(=O)C2. The van der Waals surface area contributed by atoms with Crippen molar-refractivity contribution in [2.24, 2.45) is 10.9 Å². The van der Waals surface area contributed by atoms with Gasteiger partial charge in [-0.1, -0.05) is 73.0 Å². The van der Waals surface area contributed by atoms with E-state index in [1.807, 2.05) is 18.2 Å². The molecule has 0 aromatic heterocycles. The number of benzene rings is 3. The fourth-order valence-corrected chi connectivity index (χ4v) is 10.4. The Morgan fingerprint density at radius 2 is 1.52 bits per heavy atom. The van der Waals surface area contributed by atoms with Crippen LogP contribution in [0, 0.1) is 11.7 Å². The molecule has 254 valence electrons. The lowest BCUT2D eigenvalue weighted by molar-refractivity contribution is -0.154. The highest BCUT2D eigenvalue weighted by Crippen LogP contribution is 2.49. The van der Waals surface area contributed by atoms with Crippen LogP contribution in [0.25, 0.3) is 0 Å². The van der Waals surface area contributed by atoms with E-state index in [1.165, 1.54) is 42.8 Å². The normalized spacial score (nSPS) is 19.4. The molecule has 2 atom stereocenters. The number of halogens is 2. The van der Waals surface area contributed by atoms with Crippen LogP contribution in [0.3, 0.4) is 0 Å². The zero-order valence-electron chi connectivity index (χ0n) is 26.2. The monoisotopic (exact) mass is 715 g/mol. The molecule has 48 heavy (non-hydrogen) atoms. The number of hydrogen-bond acceptors (Lipinski definition) is 9. The van der Waals surface area contributed by atoms with Gasteiger partial charge in [-0.05, 0) is 56.0 Å². The molecule has 13 heteroatoms. The van der Waals surface area contributed by atoms with Crippen LogP contribution < -0.4 is 0 Å². The molecule has 3 aromatic rings. The van der Waals surface area contributed by atoms with Crippen LogP contribution in [-0.2, 0) is 45.2 Å². The highest BCUT2D eigenvalue weighted by molar-refractivity contribution is 7.97. The minimum Gasteiger partial charge on any atom is -0.462 e. The summed E-state index contributed by atoms with van der Waals surface area (Å²) < 4.78 is 81.3. The van der Waals surface area contributed by atoms with E-state index in [-0.39, 0.29) is 41.6 Å². The van der Waals surface area contributed by atoms with Gasteiger partial charge in [0.25, 0.3) is 0 Å². The summed E-state index contributed by atoms with van der Waals surface area (Å²) in [7, 11) is -8.84. The van der Waals surface area contributed by atoms with Gasteiger partial charge in [-0.25, -0.2) is 21.2 Å². The molecule has 0 N–H and O–H groups in total. The Kier molecular flexibility index (Phi) is 11.2. The first-order valence-corrected chi connectivity index (χ1v) is 19.1. The number of allylic oxidation sites excluding steroid dienone is 1. The van der Waals surface area contributed by atoms with E-state index in [1.54, 1.807) is 0 Å². The number of hydrogen-bond donors (Lipinski definition) is 0. The number of carbonyl (C=O) groups excluding carboxylic acids is 2. The molecular weight excluding hydrogens is 681 g/mol. The summed E-state index contributed by atoms with van der Waals surface area (Å²) in [4.78, 5) is 28.7. The third-order valence-corrected chi connectivity index (χ3v) is 12.5. The van der Waals surface area contributed by atoms with E-state index in [2.05, 4.69) is 17.1 Å². The number of aliphatic imine (C=N–C) groups is 1. The molecule has 9 nitrogen and oxygen atoms in total. The molecule has 0 amide bonds. The van der Waals surface area contributed by atoms with Crippen LogP contribution in [-0.4, -0.2) is 53.5 Å². The van der Waals surface area contributed by atoms with Gasteiger partial charge in [0.05, 0.1) is 26.1 Å². The van der Waals surface area contributed by atoms with Gasteiger partial charge in [-0.2, -0.15) is 0 Å². The first-order valence-electron chi connectivity index (χ1n) is 15.6. The molecule has 0 saturated heterocycles. The van der Waals surface area contributed by atoms with Gasteiger partial charge >= 0.3 is 11.9 Å². The number of esters is 2. The summed E-state index contributed by atoms with van der Waals surface area (Å²) in [5.74, 6) is -6.15. The van der Waals surface area contributed by atoms with Crippen LogP contribution >= 0.6 is 11.6 Å². The lowest BCUT2D eigenvalue weighted by atomic mass is 9.80. The summed E-state index contributed by atoms with van der Waals surface area (Å²) in [6, 6.07) is 19.0. The quantitative estimate of drug-likeness (QED) is 0.155. The zero-order chi connectivity index (χ0) is 34.5. The molecular formula is C35H35ClFNO8S2. The van der Waals surface area contributed by atoms with Crippen molar-refractivity contribution in [2.45, 2.75) is 61.2 Å². The number of sulfone groups is 2. The number of unbranched alkanes of at least 4 members (excludes halogenated alkanes) is 3. The maximum absolute atomic E-state index is 15.5. The van der Waals surface area contributed by atoms with Crippen molar-refractivity contribution in [3.8, 4) is 0 Å². The Balaban J connectivity index is 1.28. The topological polar surface area (TPSA) is 133 Å². The molecule has 0 saturated carbocycles. The fourth-order valence-electron chi connectivity index (χ4n) is 6.11. The van der Waals surface area contributed by atoms with E-state index < -0.39 is 69.7 Å². The number of rotatable bonds is 12. The lowest BCUT2D eigenvalue weighted by Crippen LogP contribution is -2.37. The van der Waals surface area contributed by atoms with Gasteiger partial charge in [0.1, 0.15) is 24.9 Å². The second-order valence-electron chi connectivity index (χ2n) is 11.7. The first-order chi connectivity index (χ1) is 22.9. The highest BCUT2D eigenvalue weighted by atomic mass is 35.5. The van der Waals surface area contributed by atoms with Crippen molar-refractivity contribution in [3.63, 3.8) is 0 Å². The van der Waals surface area contributed by atoms with Crippen molar-refractivity contribution in [2.75, 3.05) is 19.0 Å². The summed E-state index contributed by atoms with van der Waals surface area (Å²) >= 11 is 6.44. The summed E-state index contributed by atoms with van der Waals surface area (Å²) in [5, 5.41) is -0.163. The van der Waals surface area contributed by atoms with E-state index in [0.29, 0.717) is 6.42 Å². The molecule has 0 fully saturated rings. The van der Waals surface area contributed by atoms with Gasteiger partial charge in [0, 0.05) is 28.6 Å². The number of carbonyl (C=O) groups is 2. The first kappa shape index (κ1) is 35.4. The van der Waals surface area contributed by atoms with Gasteiger partial charge in [-0.15, -0.1) is 0 Å². The number of fused-ring (bicyclic) bond motifs is 1. The van der Waals surface area contributed by atoms with Crippen molar-refractivity contribution in [1.82, 2.24) is 0 Å². The smallest absolute Gasteiger partial charge is 0.315 e. The molecule has 0 bridgehead atoms. The Hall–Kier alpha value is -3.87. The summed E-state index contributed by atoms with van der Waals surface area (Å²) in [5.41, 5.74) is 0.656. The Morgan fingerprint density at radius 3 is 2.25 bits per heavy atom. The average Bonchev–Trinajstić information content (AvgIpc) is 3.10. The Morgan fingerprint density at radius 1 is 0.854 bits per heavy atom. The molecule has 5 rings (SSSR count). The van der Waals surface area contributed by atoms with Crippen LogP contribution in [0.1, 0.15) is 56.1 Å².